The second-order valence-electron chi connectivity index (χ2n) is 7.61. The Morgan fingerprint density at radius 2 is 1.95 bits per heavy atom. The molecule has 0 radical (unpaired) electrons. The first-order valence-corrected chi connectivity index (χ1v) is 8.80. The van der Waals surface area contributed by atoms with E-state index in [0.29, 0.717) is 5.54 Å². The topological polar surface area (TPSA) is 15.3 Å². The molecule has 2 heteroatoms. The SMILES string of the molecule is CC1(C2CC2)CN(C2CCc3ccccc3C2)CCCN1. The first kappa shape index (κ1) is 13.8. The van der Waals surface area contributed by atoms with Crippen molar-refractivity contribution < 1.29 is 0 Å². The summed E-state index contributed by atoms with van der Waals surface area (Å²) in [6, 6.07) is 9.83. The van der Waals surface area contributed by atoms with Gasteiger partial charge >= 0.3 is 0 Å². The lowest BCUT2D eigenvalue weighted by molar-refractivity contribution is 0.139. The Hall–Kier alpha value is -0.860. The Morgan fingerprint density at radius 1 is 1.14 bits per heavy atom. The number of fused-ring (bicyclic) bond motifs is 1. The fourth-order valence-electron chi connectivity index (χ4n) is 4.51. The van der Waals surface area contributed by atoms with Crippen molar-refractivity contribution in [1.29, 1.82) is 0 Å². The zero-order valence-corrected chi connectivity index (χ0v) is 13.3. The lowest BCUT2D eigenvalue weighted by Crippen LogP contribution is -2.53. The van der Waals surface area contributed by atoms with Gasteiger partial charge in [-0.25, -0.2) is 0 Å². The normalized spacial score (nSPS) is 34.2. The van der Waals surface area contributed by atoms with Crippen LogP contribution >= 0.6 is 0 Å². The van der Waals surface area contributed by atoms with Crippen LogP contribution in [-0.2, 0) is 12.8 Å². The molecule has 0 bridgehead atoms. The number of nitrogens with zero attached hydrogens (tertiary/aromatic N) is 1. The van der Waals surface area contributed by atoms with Crippen LogP contribution < -0.4 is 5.32 Å². The van der Waals surface area contributed by atoms with Crippen molar-refractivity contribution in [2.45, 2.75) is 57.0 Å². The Balaban J connectivity index is 1.50. The number of hydrogen-bond donors (Lipinski definition) is 1. The average molecular weight is 284 g/mol. The van der Waals surface area contributed by atoms with Crippen molar-refractivity contribution in [2.24, 2.45) is 5.92 Å². The first-order chi connectivity index (χ1) is 10.2. The largest absolute Gasteiger partial charge is 0.310 e. The fourth-order valence-corrected chi connectivity index (χ4v) is 4.51. The van der Waals surface area contributed by atoms with Gasteiger partial charge in [0.15, 0.2) is 0 Å². The fraction of sp³-hybridized carbons (Fsp3) is 0.684. The molecule has 1 aliphatic heterocycles. The van der Waals surface area contributed by atoms with Crippen molar-refractivity contribution in [3.63, 3.8) is 0 Å². The molecule has 2 aliphatic carbocycles. The smallest absolute Gasteiger partial charge is 0.0308 e. The lowest BCUT2D eigenvalue weighted by atomic mass is 9.86. The lowest BCUT2D eigenvalue weighted by Gasteiger charge is -2.40. The van der Waals surface area contributed by atoms with Gasteiger partial charge in [0.2, 0.25) is 0 Å². The molecule has 1 saturated carbocycles. The highest BCUT2D eigenvalue weighted by Gasteiger charge is 2.44. The quantitative estimate of drug-likeness (QED) is 0.898. The maximum Gasteiger partial charge on any atom is 0.0308 e. The van der Waals surface area contributed by atoms with Gasteiger partial charge in [0, 0.05) is 18.1 Å². The zero-order valence-electron chi connectivity index (χ0n) is 13.3. The van der Waals surface area contributed by atoms with E-state index in [1.54, 1.807) is 11.1 Å². The molecule has 2 nitrogen and oxygen atoms in total. The molecule has 2 atom stereocenters. The molecule has 2 fully saturated rings. The Labute approximate surface area is 128 Å². The van der Waals surface area contributed by atoms with Crippen LogP contribution in [0.4, 0.5) is 0 Å². The van der Waals surface area contributed by atoms with Crippen LogP contribution in [0.5, 0.6) is 0 Å². The van der Waals surface area contributed by atoms with E-state index in [4.69, 9.17) is 0 Å². The predicted octanol–water partition coefficient (Wildman–Crippen LogP) is 3.01. The van der Waals surface area contributed by atoms with Gasteiger partial charge in [-0.05, 0) is 75.6 Å². The van der Waals surface area contributed by atoms with Crippen LogP contribution in [0.25, 0.3) is 0 Å². The number of hydrogen-bond acceptors (Lipinski definition) is 2. The van der Waals surface area contributed by atoms with E-state index in [-0.39, 0.29) is 0 Å². The highest BCUT2D eigenvalue weighted by atomic mass is 15.2. The third-order valence-corrected chi connectivity index (χ3v) is 6.00. The minimum absolute atomic E-state index is 0.369. The molecular weight excluding hydrogens is 256 g/mol. The van der Waals surface area contributed by atoms with Gasteiger partial charge in [-0.2, -0.15) is 0 Å². The second-order valence-corrected chi connectivity index (χ2v) is 7.61. The van der Waals surface area contributed by atoms with Crippen molar-refractivity contribution in [1.82, 2.24) is 10.2 Å². The van der Waals surface area contributed by atoms with Crippen LogP contribution in [0.1, 0.15) is 43.7 Å². The molecular formula is C19H28N2. The van der Waals surface area contributed by atoms with E-state index in [2.05, 4.69) is 41.4 Å². The first-order valence-electron chi connectivity index (χ1n) is 8.80. The van der Waals surface area contributed by atoms with Gasteiger partial charge < -0.3 is 5.32 Å². The van der Waals surface area contributed by atoms with Gasteiger partial charge in [-0.3, -0.25) is 4.90 Å². The highest BCUT2D eigenvalue weighted by Crippen LogP contribution is 2.41. The summed E-state index contributed by atoms with van der Waals surface area (Å²) in [5, 5.41) is 3.87. The summed E-state index contributed by atoms with van der Waals surface area (Å²) in [6.07, 6.45) is 8.05. The standard InChI is InChI=1S/C19H28N2/c1-19(17-8-9-17)14-21(12-4-11-20-19)18-10-7-15-5-2-3-6-16(15)13-18/h2-3,5-6,17-18,20H,4,7-14H2,1H3. The summed E-state index contributed by atoms with van der Waals surface area (Å²) in [5.74, 6) is 0.925. The minimum Gasteiger partial charge on any atom is -0.310 e. The summed E-state index contributed by atoms with van der Waals surface area (Å²) in [7, 11) is 0. The molecule has 2 unspecified atom stereocenters. The number of rotatable bonds is 2. The maximum absolute atomic E-state index is 3.87. The van der Waals surface area contributed by atoms with Gasteiger partial charge in [0.25, 0.3) is 0 Å². The van der Waals surface area contributed by atoms with E-state index in [9.17, 15) is 0 Å². The van der Waals surface area contributed by atoms with Gasteiger partial charge in [-0.15, -0.1) is 0 Å². The number of benzene rings is 1. The van der Waals surface area contributed by atoms with Crippen LogP contribution in [0.3, 0.4) is 0 Å². The minimum atomic E-state index is 0.369. The molecule has 1 N–H and O–H groups in total. The van der Waals surface area contributed by atoms with Crippen LogP contribution in [0.2, 0.25) is 0 Å². The summed E-state index contributed by atoms with van der Waals surface area (Å²) in [6.45, 7) is 6.21. The Kier molecular flexibility index (Phi) is 3.55. The molecule has 0 spiro atoms. The molecule has 0 amide bonds. The van der Waals surface area contributed by atoms with E-state index in [0.717, 1.165) is 12.0 Å². The molecule has 1 saturated heterocycles. The monoisotopic (exact) mass is 284 g/mol. The summed E-state index contributed by atoms with van der Waals surface area (Å²) in [5.41, 5.74) is 3.55. The van der Waals surface area contributed by atoms with E-state index < -0.39 is 0 Å². The van der Waals surface area contributed by atoms with Crippen LogP contribution in [-0.4, -0.2) is 36.1 Å². The van der Waals surface area contributed by atoms with Crippen molar-refractivity contribution >= 4 is 0 Å². The molecule has 21 heavy (non-hydrogen) atoms. The zero-order chi connectivity index (χ0) is 14.3. The molecule has 1 aromatic carbocycles. The molecule has 0 aromatic heterocycles. The Bertz CT molecular complexity index is 508. The van der Waals surface area contributed by atoms with Gasteiger partial charge in [0.05, 0.1) is 0 Å². The van der Waals surface area contributed by atoms with Gasteiger partial charge in [-0.1, -0.05) is 24.3 Å². The third kappa shape index (κ3) is 2.76. The maximum atomic E-state index is 3.87. The number of nitrogens with one attached hydrogen (secondary N) is 1. The molecule has 3 aliphatic rings. The second kappa shape index (κ2) is 5.40. The van der Waals surface area contributed by atoms with E-state index in [1.165, 1.54) is 58.2 Å². The molecule has 4 rings (SSSR count). The van der Waals surface area contributed by atoms with Crippen LogP contribution in [0.15, 0.2) is 24.3 Å². The molecule has 1 heterocycles. The third-order valence-electron chi connectivity index (χ3n) is 6.00. The van der Waals surface area contributed by atoms with Crippen molar-refractivity contribution in [3.8, 4) is 0 Å². The summed E-state index contributed by atoms with van der Waals surface area (Å²) < 4.78 is 0. The van der Waals surface area contributed by atoms with E-state index in [1.807, 2.05) is 0 Å². The molecule has 1 aromatic rings. The van der Waals surface area contributed by atoms with Crippen molar-refractivity contribution in [3.05, 3.63) is 35.4 Å². The molecule has 114 valence electrons. The highest BCUT2D eigenvalue weighted by molar-refractivity contribution is 5.30. The Morgan fingerprint density at radius 3 is 2.76 bits per heavy atom. The predicted molar refractivity (Wildman–Crippen MR) is 87.6 cm³/mol. The summed E-state index contributed by atoms with van der Waals surface area (Å²) >= 11 is 0. The summed E-state index contributed by atoms with van der Waals surface area (Å²) in [4.78, 5) is 2.81. The van der Waals surface area contributed by atoms with Gasteiger partial charge in [0.1, 0.15) is 0 Å². The van der Waals surface area contributed by atoms with Crippen molar-refractivity contribution in [2.75, 3.05) is 19.6 Å². The average Bonchev–Trinajstić information content (AvgIpc) is 3.34. The van der Waals surface area contributed by atoms with E-state index >= 15 is 0 Å². The number of aryl methyl sites for hydroxylation is 1. The van der Waals surface area contributed by atoms with Crippen LogP contribution in [0, 0.1) is 5.92 Å².